The van der Waals surface area contributed by atoms with Crippen molar-refractivity contribution in [2.24, 2.45) is 0 Å². The van der Waals surface area contributed by atoms with Crippen LogP contribution in [0.1, 0.15) is 18.1 Å². The fourth-order valence-corrected chi connectivity index (χ4v) is 5.08. The quantitative estimate of drug-likeness (QED) is 0.156. The van der Waals surface area contributed by atoms with E-state index in [2.05, 4.69) is 27.9 Å². The SMILES string of the molecule is CCOc1cc(/C=C2\C(=O)NC(=O)N(c3ccc(Cl)c(Cl)c3)C2=O)cc(I)c1OCc1ccc(Cl)cc1Cl. The van der Waals surface area contributed by atoms with Gasteiger partial charge in [0.25, 0.3) is 11.8 Å². The molecule has 0 aromatic heterocycles. The molecule has 0 atom stereocenters. The van der Waals surface area contributed by atoms with Gasteiger partial charge in [0.2, 0.25) is 0 Å². The summed E-state index contributed by atoms with van der Waals surface area (Å²) in [5, 5.41) is 3.57. The molecule has 1 saturated heterocycles. The smallest absolute Gasteiger partial charge is 0.335 e. The van der Waals surface area contributed by atoms with Gasteiger partial charge in [-0.05, 0) is 83.6 Å². The zero-order chi connectivity index (χ0) is 27.6. The molecule has 38 heavy (non-hydrogen) atoms. The van der Waals surface area contributed by atoms with E-state index in [0.717, 1.165) is 10.5 Å². The summed E-state index contributed by atoms with van der Waals surface area (Å²) in [5.41, 5.74) is 1.12. The van der Waals surface area contributed by atoms with Crippen molar-refractivity contribution < 1.29 is 23.9 Å². The van der Waals surface area contributed by atoms with E-state index < -0.39 is 17.8 Å². The summed E-state index contributed by atoms with van der Waals surface area (Å²) >= 11 is 26.3. The van der Waals surface area contributed by atoms with Crippen LogP contribution in [0.15, 0.2) is 54.1 Å². The second-order valence-corrected chi connectivity index (χ2v) is 10.7. The lowest BCUT2D eigenvalue weighted by Gasteiger charge is -2.26. The normalized spacial score (nSPS) is 14.6. The monoisotopic (exact) mass is 704 g/mol. The summed E-state index contributed by atoms with van der Waals surface area (Å²) in [6.07, 6.45) is 1.37. The molecule has 196 valence electrons. The molecule has 12 heteroatoms. The standard InChI is InChI=1S/C26H17Cl4IN2O5/c1-2-37-22-9-13(8-21(31)23(22)38-12-14-3-4-15(27)10-19(14)29)7-17-24(34)32-26(36)33(25(17)35)16-5-6-18(28)20(30)11-16/h3-11H,2,12H2,1H3,(H,32,34,36)/b17-7+. The van der Waals surface area contributed by atoms with Crippen molar-refractivity contribution in [1.82, 2.24) is 5.32 Å². The van der Waals surface area contributed by atoms with E-state index in [1.165, 1.54) is 24.3 Å². The minimum absolute atomic E-state index is 0.151. The van der Waals surface area contributed by atoms with Crippen molar-refractivity contribution in [3.63, 3.8) is 0 Å². The minimum atomic E-state index is -0.898. The number of benzene rings is 3. The van der Waals surface area contributed by atoms with Crippen LogP contribution in [0.4, 0.5) is 10.5 Å². The molecule has 0 aliphatic carbocycles. The fourth-order valence-electron chi connectivity index (χ4n) is 3.55. The molecule has 1 aliphatic heterocycles. The van der Waals surface area contributed by atoms with E-state index in [9.17, 15) is 14.4 Å². The van der Waals surface area contributed by atoms with Crippen molar-refractivity contribution in [3.05, 3.63) is 88.9 Å². The molecule has 7 nitrogen and oxygen atoms in total. The van der Waals surface area contributed by atoms with E-state index in [0.29, 0.717) is 37.3 Å². The number of amides is 4. The van der Waals surface area contributed by atoms with Gasteiger partial charge in [-0.25, -0.2) is 9.69 Å². The molecule has 4 amide bonds. The Hall–Kier alpha value is -2.50. The predicted octanol–water partition coefficient (Wildman–Crippen LogP) is 7.55. The molecule has 0 bridgehead atoms. The largest absolute Gasteiger partial charge is 0.490 e. The van der Waals surface area contributed by atoms with Crippen LogP contribution in [0.2, 0.25) is 20.1 Å². The fraction of sp³-hybridized carbons (Fsp3) is 0.115. The first-order valence-corrected chi connectivity index (χ1v) is 13.6. The Kier molecular flexibility index (Phi) is 9.10. The van der Waals surface area contributed by atoms with Crippen molar-refractivity contribution in [2.45, 2.75) is 13.5 Å². The number of imide groups is 2. The summed E-state index contributed by atoms with van der Waals surface area (Å²) in [4.78, 5) is 39.2. The van der Waals surface area contributed by atoms with Gasteiger partial charge in [-0.3, -0.25) is 14.9 Å². The van der Waals surface area contributed by atoms with E-state index in [4.69, 9.17) is 55.9 Å². The molecule has 4 rings (SSSR count). The maximum absolute atomic E-state index is 13.2. The molecule has 1 fully saturated rings. The van der Waals surface area contributed by atoms with Gasteiger partial charge in [0, 0.05) is 15.6 Å². The Morgan fingerprint density at radius 3 is 2.37 bits per heavy atom. The second-order valence-electron chi connectivity index (χ2n) is 7.84. The number of urea groups is 1. The van der Waals surface area contributed by atoms with E-state index in [1.807, 2.05) is 6.92 Å². The number of nitrogens with zero attached hydrogens (tertiary/aromatic N) is 1. The average molecular weight is 706 g/mol. The molecule has 0 unspecified atom stereocenters. The minimum Gasteiger partial charge on any atom is -0.490 e. The highest BCUT2D eigenvalue weighted by molar-refractivity contribution is 14.1. The van der Waals surface area contributed by atoms with Crippen LogP contribution in [0.5, 0.6) is 11.5 Å². The van der Waals surface area contributed by atoms with Crippen molar-refractivity contribution in [2.75, 3.05) is 11.5 Å². The summed E-state index contributed by atoms with van der Waals surface area (Å²) in [5.74, 6) is -0.783. The van der Waals surface area contributed by atoms with Gasteiger partial charge in [-0.2, -0.15) is 0 Å². The highest BCUT2D eigenvalue weighted by atomic mass is 127. The number of anilines is 1. The van der Waals surface area contributed by atoms with Crippen molar-refractivity contribution in [1.29, 1.82) is 0 Å². The zero-order valence-electron chi connectivity index (χ0n) is 19.5. The maximum atomic E-state index is 13.2. The number of rotatable bonds is 7. The Balaban J connectivity index is 1.67. The molecule has 1 N–H and O–H groups in total. The topological polar surface area (TPSA) is 84.9 Å². The number of barbiturate groups is 1. The van der Waals surface area contributed by atoms with Crippen LogP contribution >= 0.6 is 69.0 Å². The summed E-state index contributed by atoms with van der Waals surface area (Å²) < 4.78 is 12.5. The lowest BCUT2D eigenvalue weighted by atomic mass is 10.1. The van der Waals surface area contributed by atoms with Gasteiger partial charge in [0.1, 0.15) is 12.2 Å². The van der Waals surface area contributed by atoms with Gasteiger partial charge in [-0.1, -0.05) is 52.5 Å². The number of hydrogen-bond acceptors (Lipinski definition) is 5. The molecular weight excluding hydrogens is 689 g/mol. The first-order chi connectivity index (χ1) is 18.1. The molecule has 3 aromatic rings. The lowest BCUT2D eigenvalue weighted by Crippen LogP contribution is -2.54. The second kappa shape index (κ2) is 12.1. The summed E-state index contributed by atoms with van der Waals surface area (Å²) in [7, 11) is 0. The van der Waals surface area contributed by atoms with Crippen LogP contribution in [0, 0.1) is 3.57 Å². The van der Waals surface area contributed by atoms with E-state index in [-0.39, 0.29) is 27.9 Å². The van der Waals surface area contributed by atoms with Crippen LogP contribution in [-0.4, -0.2) is 24.5 Å². The van der Waals surface area contributed by atoms with Crippen LogP contribution in [0.25, 0.3) is 6.08 Å². The molecular formula is C26H17Cl4IN2O5. The van der Waals surface area contributed by atoms with Gasteiger partial charge in [0.15, 0.2) is 11.5 Å². The lowest BCUT2D eigenvalue weighted by molar-refractivity contribution is -0.122. The number of ether oxygens (including phenoxy) is 2. The molecule has 3 aromatic carbocycles. The summed E-state index contributed by atoms with van der Waals surface area (Å²) in [6, 6.07) is 11.8. The van der Waals surface area contributed by atoms with Gasteiger partial charge in [0.05, 0.1) is 25.9 Å². The number of halogens is 5. The molecule has 1 heterocycles. The van der Waals surface area contributed by atoms with E-state index >= 15 is 0 Å². The highest BCUT2D eigenvalue weighted by Crippen LogP contribution is 2.37. The number of carbonyl (C=O) groups is 3. The molecule has 0 radical (unpaired) electrons. The van der Waals surface area contributed by atoms with Crippen LogP contribution < -0.4 is 19.7 Å². The predicted molar refractivity (Wildman–Crippen MR) is 157 cm³/mol. The van der Waals surface area contributed by atoms with Crippen LogP contribution in [0.3, 0.4) is 0 Å². The third-order valence-electron chi connectivity index (χ3n) is 5.29. The number of nitrogens with one attached hydrogen (secondary N) is 1. The first-order valence-electron chi connectivity index (χ1n) is 11.0. The Bertz CT molecular complexity index is 1490. The van der Waals surface area contributed by atoms with Gasteiger partial charge < -0.3 is 9.47 Å². The number of carbonyl (C=O) groups excluding carboxylic acids is 3. The van der Waals surface area contributed by atoms with Crippen molar-refractivity contribution >= 4 is 98.6 Å². The van der Waals surface area contributed by atoms with Gasteiger partial charge >= 0.3 is 6.03 Å². The van der Waals surface area contributed by atoms with E-state index in [1.54, 1.807) is 30.3 Å². The van der Waals surface area contributed by atoms with Crippen molar-refractivity contribution in [3.8, 4) is 11.5 Å². The molecule has 1 aliphatic rings. The zero-order valence-corrected chi connectivity index (χ0v) is 24.7. The average Bonchev–Trinajstić information content (AvgIpc) is 2.84. The third kappa shape index (κ3) is 6.21. The van der Waals surface area contributed by atoms with Crippen LogP contribution in [-0.2, 0) is 16.2 Å². The Labute approximate surface area is 251 Å². The Morgan fingerprint density at radius 1 is 0.921 bits per heavy atom. The Morgan fingerprint density at radius 2 is 1.68 bits per heavy atom. The number of hydrogen-bond donors (Lipinski definition) is 1. The molecule has 0 spiro atoms. The first kappa shape index (κ1) is 28.5. The van der Waals surface area contributed by atoms with Gasteiger partial charge in [-0.15, -0.1) is 0 Å². The highest BCUT2D eigenvalue weighted by Gasteiger charge is 2.37. The summed E-state index contributed by atoms with van der Waals surface area (Å²) in [6.45, 7) is 2.32. The maximum Gasteiger partial charge on any atom is 0.335 e. The third-order valence-corrected chi connectivity index (χ3v) is 7.42. The molecule has 0 saturated carbocycles.